The van der Waals surface area contributed by atoms with Gasteiger partial charge in [0.2, 0.25) is 0 Å². The summed E-state index contributed by atoms with van der Waals surface area (Å²) in [4.78, 5) is 0. The quantitative estimate of drug-likeness (QED) is 0.663. The van der Waals surface area contributed by atoms with Gasteiger partial charge >= 0.3 is 0 Å². The fourth-order valence-electron chi connectivity index (χ4n) is 1.42. The Hall–Kier alpha value is -1.47. The zero-order valence-electron chi connectivity index (χ0n) is 7.68. The van der Waals surface area contributed by atoms with Crippen LogP contribution in [0.25, 0.3) is 11.1 Å². The summed E-state index contributed by atoms with van der Waals surface area (Å²) >= 11 is 4.90. The summed E-state index contributed by atoms with van der Waals surface area (Å²) in [5.74, 6) is 0. The lowest BCUT2D eigenvalue weighted by Gasteiger charge is -2.01. The molecule has 14 heavy (non-hydrogen) atoms. The van der Waals surface area contributed by atoms with Crippen molar-refractivity contribution < 1.29 is 0 Å². The molecule has 0 unspecified atom stereocenters. The predicted molar refractivity (Wildman–Crippen MR) is 64.6 cm³/mol. The average molecular weight is 198 g/mol. The molecule has 1 heteroatoms. The van der Waals surface area contributed by atoms with Crippen LogP contribution >= 0.6 is 12.2 Å². The highest BCUT2D eigenvalue weighted by Crippen LogP contribution is 2.19. The first-order valence-electron chi connectivity index (χ1n) is 4.51. The molecule has 2 aromatic carbocycles. The second-order valence-electron chi connectivity index (χ2n) is 3.11. The van der Waals surface area contributed by atoms with E-state index in [0.29, 0.717) is 0 Å². The molecule has 0 aliphatic carbocycles. The van der Waals surface area contributed by atoms with Crippen molar-refractivity contribution in [2.75, 3.05) is 0 Å². The molecule has 68 valence electrons. The molecule has 0 radical (unpaired) electrons. The van der Waals surface area contributed by atoms with Gasteiger partial charge in [-0.15, -0.1) is 0 Å². The zero-order valence-corrected chi connectivity index (χ0v) is 8.50. The van der Waals surface area contributed by atoms with E-state index in [4.69, 9.17) is 12.2 Å². The lowest BCUT2D eigenvalue weighted by atomic mass is 10.0. The molecule has 0 saturated heterocycles. The lowest BCUT2D eigenvalue weighted by molar-refractivity contribution is 1.61. The van der Waals surface area contributed by atoms with Gasteiger partial charge in [0.1, 0.15) is 0 Å². The molecule has 0 aromatic heterocycles. The van der Waals surface area contributed by atoms with E-state index >= 15 is 0 Å². The fraction of sp³-hybridized carbons (Fsp3) is 0. The van der Waals surface area contributed by atoms with Gasteiger partial charge in [-0.2, -0.15) is 0 Å². The van der Waals surface area contributed by atoms with Crippen molar-refractivity contribution in [2.45, 2.75) is 0 Å². The van der Waals surface area contributed by atoms with Crippen molar-refractivity contribution in [3.05, 3.63) is 60.2 Å². The van der Waals surface area contributed by atoms with Gasteiger partial charge in [-0.25, -0.2) is 0 Å². The minimum absolute atomic E-state index is 1.08. The lowest BCUT2D eigenvalue weighted by Crippen LogP contribution is -1.80. The molecule has 0 N–H and O–H groups in total. The fourth-order valence-corrected chi connectivity index (χ4v) is 1.57. The van der Waals surface area contributed by atoms with Gasteiger partial charge in [0, 0.05) is 5.37 Å². The zero-order chi connectivity index (χ0) is 9.80. The first-order chi connectivity index (χ1) is 6.90. The molecule has 0 bridgehead atoms. The van der Waals surface area contributed by atoms with E-state index in [1.165, 1.54) is 11.1 Å². The second-order valence-corrected chi connectivity index (χ2v) is 3.35. The molecule has 0 fully saturated rings. The normalized spacial score (nSPS) is 9.71. The number of hydrogen-bond donors (Lipinski definition) is 0. The van der Waals surface area contributed by atoms with Crippen LogP contribution < -0.4 is 0 Å². The summed E-state index contributed by atoms with van der Waals surface area (Å²) in [6.45, 7) is 0. The monoisotopic (exact) mass is 198 g/mol. The van der Waals surface area contributed by atoms with Crippen LogP contribution in [0, 0.1) is 0 Å². The first kappa shape index (κ1) is 9.10. The number of benzene rings is 2. The Morgan fingerprint density at radius 3 is 2.21 bits per heavy atom. The molecule has 0 amide bonds. The van der Waals surface area contributed by atoms with Crippen molar-refractivity contribution in [1.82, 2.24) is 0 Å². The van der Waals surface area contributed by atoms with E-state index < -0.39 is 0 Å². The standard InChI is InChI=1S/C13H10S/c14-10-11-5-4-8-13(9-11)12-6-2-1-3-7-12/h1-10H. The third kappa shape index (κ3) is 1.88. The molecule has 0 atom stereocenters. The van der Waals surface area contributed by atoms with Crippen molar-refractivity contribution in [2.24, 2.45) is 0 Å². The van der Waals surface area contributed by atoms with Crippen LogP contribution in [-0.2, 0) is 0 Å². The Morgan fingerprint density at radius 1 is 0.786 bits per heavy atom. The van der Waals surface area contributed by atoms with Crippen LogP contribution in [-0.4, -0.2) is 5.37 Å². The summed E-state index contributed by atoms with van der Waals surface area (Å²) in [6.07, 6.45) is 0. The molecule has 0 aliphatic heterocycles. The number of thiocarbonyl (C=S) groups is 1. The summed E-state index contributed by atoms with van der Waals surface area (Å²) in [7, 11) is 0. The predicted octanol–water partition coefficient (Wildman–Crippen LogP) is 3.70. The van der Waals surface area contributed by atoms with E-state index in [0.717, 1.165) is 5.56 Å². The molecule has 2 rings (SSSR count). The van der Waals surface area contributed by atoms with Gasteiger partial charge in [-0.3, -0.25) is 0 Å². The largest absolute Gasteiger partial charge is 0.0881 e. The topological polar surface area (TPSA) is 0 Å². The SMILES string of the molecule is S=Cc1cccc(-c2ccccc2)c1. The molecule has 2 aromatic rings. The minimum atomic E-state index is 1.08. The Kier molecular flexibility index (Phi) is 2.70. The smallest absolute Gasteiger partial charge is 0.00863 e. The summed E-state index contributed by atoms with van der Waals surface area (Å²) in [6, 6.07) is 18.5. The van der Waals surface area contributed by atoms with Crippen LogP contribution in [0.1, 0.15) is 5.56 Å². The molecule has 0 aliphatic rings. The summed E-state index contributed by atoms with van der Waals surface area (Å²) < 4.78 is 0. The Labute approximate surface area is 89.2 Å². The van der Waals surface area contributed by atoms with Crippen molar-refractivity contribution in [3.63, 3.8) is 0 Å². The highest BCUT2D eigenvalue weighted by Gasteiger charge is 1.95. The van der Waals surface area contributed by atoms with E-state index in [9.17, 15) is 0 Å². The van der Waals surface area contributed by atoms with Crippen molar-refractivity contribution in [3.8, 4) is 11.1 Å². The molecule has 0 spiro atoms. The van der Waals surface area contributed by atoms with Crippen LogP contribution in [0.2, 0.25) is 0 Å². The second kappa shape index (κ2) is 4.16. The van der Waals surface area contributed by atoms with Gasteiger partial charge < -0.3 is 0 Å². The van der Waals surface area contributed by atoms with Crippen LogP contribution in [0.15, 0.2) is 54.6 Å². The number of rotatable bonds is 2. The highest BCUT2D eigenvalue weighted by atomic mass is 32.1. The van der Waals surface area contributed by atoms with Crippen molar-refractivity contribution >= 4 is 17.6 Å². The highest BCUT2D eigenvalue weighted by molar-refractivity contribution is 7.79. The molecule has 0 nitrogen and oxygen atoms in total. The molecule has 0 heterocycles. The van der Waals surface area contributed by atoms with Crippen LogP contribution in [0.4, 0.5) is 0 Å². The van der Waals surface area contributed by atoms with Gasteiger partial charge in [-0.1, -0.05) is 60.7 Å². The van der Waals surface area contributed by atoms with Crippen LogP contribution in [0.5, 0.6) is 0 Å². The summed E-state index contributed by atoms with van der Waals surface area (Å²) in [5.41, 5.74) is 3.52. The molecular formula is C13H10S. The van der Waals surface area contributed by atoms with Gasteiger partial charge in [0.25, 0.3) is 0 Å². The van der Waals surface area contributed by atoms with Gasteiger partial charge in [-0.05, 0) is 22.8 Å². The van der Waals surface area contributed by atoms with Gasteiger partial charge in [0.05, 0.1) is 0 Å². The third-order valence-electron chi connectivity index (χ3n) is 2.13. The number of hydrogen-bond acceptors (Lipinski definition) is 1. The summed E-state index contributed by atoms with van der Waals surface area (Å²) in [5, 5.41) is 1.70. The average Bonchev–Trinajstić information content (AvgIpc) is 2.30. The third-order valence-corrected chi connectivity index (χ3v) is 2.40. The maximum absolute atomic E-state index is 4.90. The molecule has 0 saturated carbocycles. The molecular weight excluding hydrogens is 188 g/mol. The minimum Gasteiger partial charge on any atom is -0.0881 e. The van der Waals surface area contributed by atoms with E-state index in [1.54, 1.807) is 5.37 Å². The van der Waals surface area contributed by atoms with Crippen LogP contribution in [0.3, 0.4) is 0 Å². The Bertz CT molecular complexity index is 432. The van der Waals surface area contributed by atoms with Crippen molar-refractivity contribution in [1.29, 1.82) is 0 Å². The van der Waals surface area contributed by atoms with Gasteiger partial charge in [0.15, 0.2) is 0 Å². The maximum Gasteiger partial charge on any atom is 0.00863 e. The Balaban J connectivity index is 2.47. The van der Waals surface area contributed by atoms with E-state index in [-0.39, 0.29) is 0 Å². The Morgan fingerprint density at radius 2 is 1.50 bits per heavy atom. The van der Waals surface area contributed by atoms with E-state index in [2.05, 4.69) is 24.3 Å². The first-order valence-corrected chi connectivity index (χ1v) is 4.98. The van der Waals surface area contributed by atoms with E-state index in [1.807, 2.05) is 30.3 Å². The maximum atomic E-state index is 4.90.